The second kappa shape index (κ2) is 6.84. The van der Waals surface area contributed by atoms with Crippen LogP contribution in [0.3, 0.4) is 0 Å². The zero-order valence-corrected chi connectivity index (χ0v) is 14.0. The molecule has 20 heavy (non-hydrogen) atoms. The normalized spacial score (nSPS) is 17.9. The molecule has 0 N–H and O–H groups in total. The summed E-state index contributed by atoms with van der Waals surface area (Å²) in [6.45, 7) is 1.08. The van der Waals surface area contributed by atoms with Crippen molar-refractivity contribution in [1.29, 1.82) is 0 Å². The summed E-state index contributed by atoms with van der Waals surface area (Å²) >= 11 is 18.0. The van der Waals surface area contributed by atoms with Crippen LogP contribution in [0.1, 0.15) is 31.2 Å². The van der Waals surface area contributed by atoms with E-state index in [9.17, 15) is 8.42 Å². The highest BCUT2D eigenvalue weighted by Crippen LogP contribution is 2.34. The Balaban J connectivity index is 2.43. The van der Waals surface area contributed by atoms with Crippen molar-refractivity contribution in [2.75, 3.05) is 13.1 Å². The second-order valence-electron chi connectivity index (χ2n) is 4.79. The Morgan fingerprint density at radius 2 is 1.65 bits per heavy atom. The smallest absolute Gasteiger partial charge is 0.207 e. The quantitative estimate of drug-likeness (QED) is 0.757. The monoisotopic (exact) mass is 355 g/mol. The third kappa shape index (κ3) is 3.25. The van der Waals surface area contributed by atoms with Crippen LogP contribution in [-0.4, -0.2) is 25.8 Å². The fourth-order valence-corrected chi connectivity index (χ4v) is 5.14. The maximum Gasteiger partial charge on any atom is 0.244 e. The lowest BCUT2D eigenvalue weighted by atomic mass is 10.2. The third-order valence-electron chi connectivity index (χ3n) is 3.47. The van der Waals surface area contributed by atoms with Crippen LogP contribution in [0.2, 0.25) is 10.0 Å². The summed E-state index contributed by atoms with van der Waals surface area (Å²) in [5.41, 5.74) is 0.464. The van der Waals surface area contributed by atoms with E-state index in [1.54, 1.807) is 0 Å². The molecule has 0 radical (unpaired) electrons. The first kappa shape index (κ1) is 16.4. The van der Waals surface area contributed by atoms with Crippen LogP contribution < -0.4 is 0 Å². The summed E-state index contributed by atoms with van der Waals surface area (Å²) in [6.07, 6.45) is 3.89. The van der Waals surface area contributed by atoms with Gasteiger partial charge in [0.05, 0.1) is 10.9 Å². The Hall–Kier alpha value is -0.000000000000000132. The topological polar surface area (TPSA) is 37.4 Å². The number of benzene rings is 1. The molecule has 3 nitrogen and oxygen atoms in total. The molecule has 1 aliphatic rings. The Labute approximate surface area is 134 Å². The SMILES string of the molecule is O=S(=O)(c1ccc(Cl)c(CCl)c1Cl)N1CCCCCC1. The van der Waals surface area contributed by atoms with Crippen molar-refractivity contribution in [3.8, 4) is 0 Å². The average molecular weight is 357 g/mol. The van der Waals surface area contributed by atoms with E-state index in [-0.39, 0.29) is 15.8 Å². The summed E-state index contributed by atoms with van der Waals surface area (Å²) in [5, 5.41) is 0.525. The Morgan fingerprint density at radius 3 is 2.20 bits per heavy atom. The molecule has 0 saturated carbocycles. The highest BCUT2D eigenvalue weighted by Gasteiger charge is 2.28. The van der Waals surface area contributed by atoms with Gasteiger partial charge in [-0.1, -0.05) is 36.0 Å². The van der Waals surface area contributed by atoms with Crippen molar-refractivity contribution in [3.05, 3.63) is 27.7 Å². The van der Waals surface area contributed by atoms with E-state index >= 15 is 0 Å². The van der Waals surface area contributed by atoms with E-state index in [1.165, 1.54) is 16.4 Å². The lowest BCUT2D eigenvalue weighted by Gasteiger charge is -2.21. The van der Waals surface area contributed by atoms with E-state index in [1.807, 2.05) is 0 Å². The number of rotatable bonds is 3. The van der Waals surface area contributed by atoms with Crippen molar-refractivity contribution in [2.45, 2.75) is 36.5 Å². The van der Waals surface area contributed by atoms with Gasteiger partial charge in [0.1, 0.15) is 4.90 Å². The lowest BCUT2D eigenvalue weighted by Crippen LogP contribution is -2.32. The van der Waals surface area contributed by atoms with Crippen LogP contribution in [0, 0.1) is 0 Å². The molecule has 1 aliphatic heterocycles. The molecule has 0 atom stereocenters. The van der Waals surface area contributed by atoms with Gasteiger partial charge in [0.25, 0.3) is 0 Å². The molecule has 0 unspecified atom stereocenters. The van der Waals surface area contributed by atoms with Gasteiger partial charge in [-0.2, -0.15) is 4.31 Å². The number of hydrogen-bond acceptors (Lipinski definition) is 2. The van der Waals surface area contributed by atoms with Gasteiger partial charge in [0.15, 0.2) is 0 Å². The van der Waals surface area contributed by atoms with Crippen molar-refractivity contribution in [3.63, 3.8) is 0 Å². The summed E-state index contributed by atoms with van der Waals surface area (Å²) in [7, 11) is -3.58. The van der Waals surface area contributed by atoms with E-state index in [4.69, 9.17) is 34.8 Å². The van der Waals surface area contributed by atoms with Crippen LogP contribution >= 0.6 is 34.8 Å². The number of alkyl halides is 1. The van der Waals surface area contributed by atoms with Gasteiger partial charge in [-0.3, -0.25) is 0 Å². The molecule has 1 fully saturated rings. The van der Waals surface area contributed by atoms with Crippen molar-refractivity contribution in [1.82, 2.24) is 4.31 Å². The number of sulfonamides is 1. The molecule has 1 aromatic carbocycles. The van der Waals surface area contributed by atoms with Crippen LogP contribution in [-0.2, 0) is 15.9 Å². The Kier molecular flexibility index (Phi) is 5.60. The molecule has 112 valence electrons. The van der Waals surface area contributed by atoms with Crippen molar-refractivity contribution >= 4 is 44.8 Å². The maximum absolute atomic E-state index is 12.7. The molecule has 0 aromatic heterocycles. The van der Waals surface area contributed by atoms with Gasteiger partial charge in [0.2, 0.25) is 10.0 Å². The van der Waals surface area contributed by atoms with Gasteiger partial charge >= 0.3 is 0 Å². The second-order valence-corrected chi connectivity index (χ2v) is 7.75. The summed E-state index contributed by atoms with van der Waals surface area (Å²) in [6, 6.07) is 3.00. The highest BCUT2D eigenvalue weighted by atomic mass is 35.5. The van der Waals surface area contributed by atoms with E-state index in [2.05, 4.69) is 0 Å². The standard InChI is InChI=1S/C13H16Cl3NO2S/c14-9-10-11(15)5-6-12(13(10)16)20(18,19)17-7-3-1-2-4-8-17/h5-6H,1-4,7-9H2. The third-order valence-corrected chi connectivity index (χ3v) is 6.57. The summed E-state index contributed by atoms with van der Waals surface area (Å²) in [4.78, 5) is 0.0983. The highest BCUT2D eigenvalue weighted by molar-refractivity contribution is 7.89. The molecule has 0 bridgehead atoms. The molecule has 7 heteroatoms. The van der Waals surface area contributed by atoms with Gasteiger partial charge in [-0.15, -0.1) is 11.6 Å². The molecule has 0 aliphatic carbocycles. The molecule has 1 aromatic rings. The summed E-state index contributed by atoms with van der Waals surface area (Å²) < 4.78 is 26.9. The Morgan fingerprint density at radius 1 is 1.05 bits per heavy atom. The van der Waals surface area contributed by atoms with Crippen molar-refractivity contribution in [2.24, 2.45) is 0 Å². The average Bonchev–Trinajstić information content (AvgIpc) is 2.68. The molecule has 0 spiro atoms. The molecular formula is C13H16Cl3NO2S. The van der Waals surface area contributed by atoms with Crippen LogP contribution in [0.5, 0.6) is 0 Å². The predicted molar refractivity (Wildman–Crippen MR) is 83.2 cm³/mol. The first-order chi connectivity index (χ1) is 9.48. The zero-order valence-electron chi connectivity index (χ0n) is 10.9. The number of nitrogens with zero attached hydrogens (tertiary/aromatic N) is 1. The summed E-state index contributed by atoms with van der Waals surface area (Å²) in [5.74, 6) is 0.0844. The van der Waals surface area contributed by atoms with Gasteiger partial charge < -0.3 is 0 Å². The minimum atomic E-state index is -3.58. The van der Waals surface area contributed by atoms with Crippen molar-refractivity contribution < 1.29 is 8.42 Å². The Bertz CT molecular complexity index is 582. The van der Waals surface area contributed by atoms with E-state index in [0.29, 0.717) is 23.7 Å². The molecule has 0 amide bonds. The van der Waals surface area contributed by atoms with Crippen LogP contribution in [0.15, 0.2) is 17.0 Å². The minimum absolute atomic E-state index is 0.0844. The van der Waals surface area contributed by atoms with Gasteiger partial charge in [-0.05, 0) is 25.0 Å². The van der Waals surface area contributed by atoms with E-state index < -0.39 is 10.0 Å². The molecular weight excluding hydrogens is 341 g/mol. The molecule has 2 rings (SSSR count). The predicted octanol–water partition coefficient (Wildman–Crippen LogP) is 4.30. The lowest BCUT2D eigenvalue weighted by molar-refractivity contribution is 0.423. The number of hydrogen-bond donors (Lipinski definition) is 0. The zero-order chi connectivity index (χ0) is 14.8. The van der Waals surface area contributed by atoms with Crippen LogP contribution in [0.25, 0.3) is 0 Å². The maximum atomic E-state index is 12.7. The van der Waals surface area contributed by atoms with E-state index in [0.717, 1.165) is 25.7 Å². The largest absolute Gasteiger partial charge is 0.244 e. The minimum Gasteiger partial charge on any atom is -0.207 e. The number of halogens is 3. The van der Waals surface area contributed by atoms with Gasteiger partial charge in [-0.25, -0.2) is 8.42 Å². The molecule has 1 heterocycles. The fraction of sp³-hybridized carbons (Fsp3) is 0.538. The first-order valence-electron chi connectivity index (χ1n) is 6.51. The fourth-order valence-electron chi connectivity index (χ4n) is 2.32. The van der Waals surface area contributed by atoms with Gasteiger partial charge in [0, 0.05) is 23.7 Å². The molecule has 1 saturated heterocycles. The first-order valence-corrected chi connectivity index (χ1v) is 9.24. The van der Waals surface area contributed by atoms with Crippen LogP contribution in [0.4, 0.5) is 0 Å².